The fraction of sp³-hybridized carbons (Fsp3) is 0.818. The zero-order chi connectivity index (χ0) is 10.6. The quantitative estimate of drug-likeness (QED) is 0.652. The van der Waals surface area contributed by atoms with Crippen LogP contribution in [0.1, 0.15) is 46.0 Å². The summed E-state index contributed by atoms with van der Waals surface area (Å²) in [5.41, 5.74) is -0.0137. The molecule has 14 heavy (non-hydrogen) atoms. The van der Waals surface area contributed by atoms with E-state index in [-0.39, 0.29) is 11.4 Å². The van der Waals surface area contributed by atoms with Crippen molar-refractivity contribution in [2.45, 2.75) is 46.0 Å². The summed E-state index contributed by atoms with van der Waals surface area (Å²) in [6.07, 6.45) is 3.34. The van der Waals surface area contributed by atoms with Crippen LogP contribution in [0.5, 0.6) is 0 Å². The first kappa shape index (κ1) is 11.2. The Balaban J connectivity index is 2.42. The van der Waals surface area contributed by atoms with Crippen LogP contribution in [0.25, 0.3) is 0 Å². The highest BCUT2D eigenvalue weighted by Gasteiger charge is 2.32. The van der Waals surface area contributed by atoms with Crippen LogP contribution in [0.15, 0.2) is 0 Å². The molecule has 0 amide bonds. The van der Waals surface area contributed by atoms with Crippen LogP contribution in [-0.4, -0.2) is 18.4 Å². The highest BCUT2D eigenvalue weighted by molar-refractivity contribution is 5.79. The summed E-state index contributed by atoms with van der Waals surface area (Å²) in [5, 5.41) is 0. The third-order valence-corrected chi connectivity index (χ3v) is 2.89. The molecule has 0 bridgehead atoms. The van der Waals surface area contributed by atoms with E-state index in [2.05, 4.69) is 6.92 Å². The summed E-state index contributed by atoms with van der Waals surface area (Å²) in [6, 6.07) is 0. The van der Waals surface area contributed by atoms with Gasteiger partial charge in [-0.2, -0.15) is 0 Å². The van der Waals surface area contributed by atoms with Gasteiger partial charge in [0.2, 0.25) is 0 Å². The highest BCUT2D eigenvalue weighted by Crippen LogP contribution is 2.37. The smallest absolute Gasteiger partial charge is 0.306 e. The molecule has 80 valence electrons. The topological polar surface area (TPSA) is 43.4 Å². The van der Waals surface area contributed by atoms with Crippen molar-refractivity contribution in [2.24, 2.45) is 5.41 Å². The Morgan fingerprint density at radius 3 is 2.50 bits per heavy atom. The Kier molecular flexibility index (Phi) is 3.67. The summed E-state index contributed by atoms with van der Waals surface area (Å²) < 4.78 is 4.91. The minimum atomic E-state index is -0.135. The molecule has 0 atom stereocenters. The molecule has 1 aliphatic rings. The van der Waals surface area contributed by atoms with E-state index in [0.717, 1.165) is 12.8 Å². The molecule has 1 rings (SSSR count). The van der Waals surface area contributed by atoms with Crippen molar-refractivity contribution < 1.29 is 14.3 Å². The van der Waals surface area contributed by atoms with E-state index in [1.165, 1.54) is 0 Å². The Hall–Kier alpha value is -0.860. The second-order valence-corrected chi connectivity index (χ2v) is 4.33. The molecule has 0 aromatic heterocycles. The zero-order valence-corrected chi connectivity index (χ0v) is 8.97. The Bertz CT molecular complexity index is 223. The minimum Gasteiger partial charge on any atom is -0.466 e. The number of carbonyl (C=O) groups excluding carboxylic acids is 2. The number of ether oxygens (including phenoxy) is 1. The van der Waals surface area contributed by atoms with Crippen molar-refractivity contribution in [3.8, 4) is 0 Å². The minimum absolute atomic E-state index is 0.0137. The van der Waals surface area contributed by atoms with Gasteiger partial charge in [-0.1, -0.05) is 6.92 Å². The number of hydrogen-bond acceptors (Lipinski definition) is 3. The van der Waals surface area contributed by atoms with Crippen molar-refractivity contribution >= 4 is 11.8 Å². The maximum absolute atomic E-state index is 11.3. The molecule has 0 aliphatic heterocycles. The van der Waals surface area contributed by atoms with Gasteiger partial charge in [0.1, 0.15) is 5.78 Å². The summed E-state index contributed by atoms with van der Waals surface area (Å²) in [6.45, 7) is 4.31. The fourth-order valence-electron chi connectivity index (χ4n) is 1.87. The number of rotatable bonds is 3. The lowest BCUT2D eigenvalue weighted by atomic mass is 9.73. The van der Waals surface area contributed by atoms with Crippen LogP contribution < -0.4 is 0 Å². The lowest BCUT2D eigenvalue weighted by Gasteiger charge is -2.31. The van der Waals surface area contributed by atoms with Gasteiger partial charge < -0.3 is 4.74 Å². The third-order valence-electron chi connectivity index (χ3n) is 2.89. The molecule has 0 aromatic rings. The van der Waals surface area contributed by atoms with Crippen LogP contribution in [0.4, 0.5) is 0 Å². The highest BCUT2D eigenvalue weighted by atomic mass is 16.5. The van der Waals surface area contributed by atoms with Crippen LogP contribution in [0.3, 0.4) is 0 Å². The summed E-state index contributed by atoms with van der Waals surface area (Å²) in [4.78, 5) is 22.3. The molecule has 1 saturated carbocycles. The van der Waals surface area contributed by atoms with Crippen LogP contribution in [0.2, 0.25) is 0 Å². The normalized spacial score (nSPS) is 20.6. The number of esters is 1. The number of hydrogen-bond donors (Lipinski definition) is 0. The second-order valence-electron chi connectivity index (χ2n) is 4.33. The zero-order valence-electron chi connectivity index (χ0n) is 8.97. The van der Waals surface area contributed by atoms with Crippen LogP contribution in [-0.2, 0) is 14.3 Å². The molecule has 0 radical (unpaired) electrons. The van der Waals surface area contributed by atoms with Crippen molar-refractivity contribution in [1.82, 2.24) is 0 Å². The second kappa shape index (κ2) is 4.58. The molecule has 0 N–H and O–H groups in total. The predicted octanol–water partition coefficient (Wildman–Crippen LogP) is 2.09. The molecule has 3 heteroatoms. The Morgan fingerprint density at radius 2 is 2.00 bits per heavy atom. The van der Waals surface area contributed by atoms with E-state index in [1.54, 1.807) is 0 Å². The molecular formula is C11H18O3. The molecule has 0 unspecified atom stereocenters. The monoisotopic (exact) mass is 198 g/mol. The Morgan fingerprint density at radius 1 is 1.43 bits per heavy atom. The molecular weight excluding hydrogens is 180 g/mol. The molecule has 3 nitrogen and oxygen atoms in total. The van der Waals surface area contributed by atoms with Gasteiger partial charge in [0.05, 0.1) is 13.0 Å². The van der Waals surface area contributed by atoms with Crippen molar-refractivity contribution in [1.29, 1.82) is 0 Å². The maximum Gasteiger partial charge on any atom is 0.306 e. The number of ketones is 1. The summed E-state index contributed by atoms with van der Waals surface area (Å²) in [5.74, 6) is 0.190. The third kappa shape index (κ3) is 3.13. The van der Waals surface area contributed by atoms with Gasteiger partial charge in [0.25, 0.3) is 0 Å². The van der Waals surface area contributed by atoms with Crippen LogP contribution >= 0.6 is 0 Å². The average Bonchev–Trinajstić information content (AvgIpc) is 2.11. The van der Waals surface area contributed by atoms with Gasteiger partial charge in [0, 0.05) is 12.8 Å². The van der Waals surface area contributed by atoms with E-state index >= 15 is 0 Å². The SMILES string of the molecule is CCOC(=O)CC1(C)CCC(=O)CC1. The Labute approximate surface area is 84.8 Å². The lowest BCUT2D eigenvalue weighted by Crippen LogP contribution is -2.28. The van der Waals surface area contributed by atoms with Gasteiger partial charge in [-0.15, -0.1) is 0 Å². The van der Waals surface area contributed by atoms with Gasteiger partial charge >= 0.3 is 5.97 Å². The first-order valence-electron chi connectivity index (χ1n) is 5.23. The largest absolute Gasteiger partial charge is 0.466 e. The van der Waals surface area contributed by atoms with E-state index in [4.69, 9.17) is 4.74 Å². The van der Waals surface area contributed by atoms with E-state index in [0.29, 0.717) is 31.7 Å². The molecule has 0 saturated heterocycles. The van der Waals surface area contributed by atoms with Crippen molar-refractivity contribution in [3.63, 3.8) is 0 Å². The van der Waals surface area contributed by atoms with Gasteiger partial charge in [0.15, 0.2) is 0 Å². The van der Waals surface area contributed by atoms with Crippen molar-refractivity contribution in [2.75, 3.05) is 6.61 Å². The fourth-order valence-corrected chi connectivity index (χ4v) is 1.87. The molecule has 0 aromatic carbocycles. The average molecular weight is 198 g/mol. The van der Waals surface area contributed by atoms with Gasteiger partial charge in [-0.05, 0) is 25.2 Å². The molecule has 0 heterocycles. The van der Waals surface area contributed by atoms with Crippen LogP contribution in [0, 0.1) is 5.41 Å². The predicted molar refractivity (Wildman–Crippen MR) is 52.8 cm³/mol. The van der Waals surface area contributed by atoms with Gasteiger partial charge in [-0.3, -0.25) is 9.59 Å². The first-order valence-corrected chi connectivity index (χ1v) is 5.23. The van der Waals surface area contributed by atoms with Crippen molar-refractivity contribution in [3.05, 3.63) is 0 Å². The number of carbonyl (C=O) groups is 2. The van der Waals surface area contributed by atoms with Gasteiger partial charge in [-0.25, -0.2) is 0 Å². The molecule has 1 fully saturated rings. The first-order chi connectivity index (χ1) is 6.56. The summed E-state index contributed by atoms with van der Waals surface area (Å²) >= 11 is 0. The number of Topliss-reactive ketones (excluding diaryl/α,β-unsaturated/α-hetero) is 1. The van der Waals surface area contributed by atoms with E-state index in [1.807, 2.05) is 6.92 Å². The molecule has 1 aliphatic carbocycles. The van der Waals surface area contributed by atoms with E-state index in [9.17, 15) is 9.59 Å². The lowest BCUT2D eigenvalue weighted by molar-refractivity contribution is -0.147. The van der Waals surface area contributed by atoms with E-state index < -0.39 is 0 Å². The maximum atomic E-state index is 11.3. The molecule has 0 spiro atoms. The standard InChI is InChI=1S/C11H18O3/c1-3-14-10(13)8-11(2)6-4-9(12)5-7-11/h3-8H2,1-2H3. The summed E-state index contributed by atoms with van der Waals surface area (Å²) in [7, 11) is 0.